The Labute approximate surface area is 125 Å². The third kappa shape index (κ3) is 2.70. The summed E-state index contributed by atoms with van der Waals surface area (Å²) >= 11 is 0. The summed E-state index contributed by atoms with van der Waals surface area (Å²) in [5.74, 6) is 3.14. The van der Waals surface area contributed by atoms with Crippen LogP contribution in [0.1, 0.15) is 38.4 Å². The molecule has 0 bridgehead atoms. The van der Waals surface area contributed by atoms with Crippen molar-refractivity contribution in [1.29, 1.82) is 0 Å². The van der Waals surface area contributed by atoms with E-state index in [1.54, 1.807) is 14.2 Å². The van der Waals surface area contributed by atoms with Gasteiger partial charge in [0.1, 0.15) is 5.82 Å². The van der Waals surface area contributed by atoms with Crippen LogP contribution in [-0.4, -0.2) is 29.3 Å². The number of fused-ring (bicyclic) bond motifs is 1. The number of imidazole rings is 1. The normalized spacial score (nSPS) is 15.5. The quantitative estimate of drug-likeness (QED) is 0.919. The minimum absolute atomic E-state index is 0.287. The Morgan fingerprint density at radius 3 is 2.38 bits per heavy atom. The number of hydrogen-bond donors (Lipinski definition) is 1. The topological polar surface area (TPSA) is 62.3 Å². The fourth-order valence-electron chi connectivity index (χ4n) is 2.70. The van der Waals surface area contributed by atoms with E-state index >= 15 is 0 Å². The Kier molecular flexibility index (Phi) is 3.32. The van der Waals surface area contributed by atoms with Gasteiger partial charge >= 0.3 is 0 Å². The fourth-order valence-corrected chi connectivity index (χ4v) is 2.70. The summed E-state index contributed by atoms with van der Waals surface area (Å²) in [6.45, 7) is 4.82. The molecule has 1 saturated carbocycles. The predicted molar refractivity (Wildman–Crippen MR) is 83.1 cm³/mol. The van der Waals surface area contributed by atoms with Gasteiger partial charge in [0.05, 0.1) is 25.3 Å². The molecule has 0 radical (unpaired) electrons. The summed E-state index contributed by atoms with van der Waals surface area (Å²) in [5.41, 5.74) is 7.95. The first kappa shape index (κ1) is 14.2. The van der Waals surface area contributed by atoms with Gasteiger partial charge in [-0.3, -0.25) is 0 Å². The summed E-state index contributed by atoms with van der Waals surface area (Å²) in [6, 6.07) is 3.94. The van der Waals surface area contributed by atoms with Gasteiger partial charge in [-0.1, -0.05) is 0 Å². The predicted octanol–water partition coefficient (Wildman–Crippen LogP) is 2.67. The summed E-state index contributed by atoms with van der Waals surface area (Å²) in [5, 5.41) is 0. The summed E-state index contributed by atoms with van der Waals surface area (Å²) in [7, 11) is 3.30. The van der Waals surface area contributed by atoms with Crippen LogP contribution >= 0.6 is 0 Å². The van der Waals surface area contributed by atoms with Crippen LogP contribution in [-0.2, 0) is 6.54 Å². The number of hydrogen-bond acceptors (Lipinski definition) is 4. The zero-order valence-electron chi connectivity index (χ0n) is 13.1. The Balaban J connectivity index is 2.18. The van der Waals surface area contributed by atoms with Gasteiger partial charge in [0, 0.05) is 30.1 Å². The maximum absolute atomic E-state index is 6.23. The molecule has 0 saturated heterocycles. The van der Waals surface area contributed by atoms with Crippen molar-refractivity contribution in [3.8, 4) is 11.5 Å². The van der Waals surface area contributed by atoms with Crippen molar-refractivity contribution in [2.24, 2.45) is 5.73 Å². The van der Waals surface area contributed by atoms with Crippen LogP contribution in [0.3, 0.4) is 0 Å². The molecule has 1 heterocycles. The van der Waals surface area contributed by atoms with Gasteiger partial charge in [0.25, 0.3) is 0 Å². The molecule has 0 atom stereocenters. The van der Waals surface area contributed by atoms with E-state index in [-0.39, 0.29) is 5.54 Å². The summed E-state index contributed by atoms with van der Waals surface area (Å²) in [6.07, 6.45) is 2.42. The third-order valence-corrected chi connectivity index (χ3v) is 3.79. The first-order valence-corrected chi connectivity index (χ1v) is 7.34. The van der Waals surface area contributed by atoms with Crippen molar-refractivity contribution < 1.29 is 9.47 Å². The van der Waals surface area contributed by atoms with Crippen LogP contribution in [0.25, 0.3) is 11.0 Å². The Bertz CT molecular complexity index is 666. The van der Waals surface area contributed by atoms with E-state index in [0.29, 0.717) is 11.7 Å². The number of nitrogens with two attached hydrogens (primary N) is 1. The zero-order valence-corrected chi connectivity index (χ0v) is 13.1. The molecule has 1 aliphatic rings. The van der Waals surface area contributed by atoms with Gasteiger partial charge < -0.3 is 19.8 Å². The minimum Gasteiger partial charge on any atom is -0.493 e. The fraction of sp³-hybridized carbons (Fsp3) is 0.562. The molecule has 1 aromatic heterocycles. The minimum atomic E-state index is -0.287. The highest BCUT2D eigenvalue weighted by Crippen LogP contribution is 2.42. The Morgan fingerprint density at radius 1 is 1.24 bits per heavy atom. The highest BCUT2D eigenvalue weighted by atomic mass is 16.5. The molecule has 1 aromatic carbocycles. The molecule has 1 fully saturated rings. The monoisotopic (exact) mass is 289 g/mol. The van der Waals surface area contributed by atoms with E-state index in [1.165, 1.54) is 12.8 Å². The Morgan fingerprint density at radius 2 is 1.86 bits per heavy atom. The molecule has 5 nitrogen and oxygen atoms in total. The summed E-state index contributed by atoms with van der Waals surface area (Å²) < 4.78 is 13.0. The van der Waals surface area contributed by atoms with Gasteiger partial charge in [0.2, 0.25) is 0 Å². The second kappa shape index (κ2) is 4.91. The van der Waals surface area contributed by atoms with Crippen molar-refractivity contribution in [2.75, 3.05) is 14.2 Å². The van der Waals surface area contributed by atoms with E-state index in [1.807, 2.05) is 26.0 Å². The Hall–Kier alpha value is -1.75. The van der Waals surface area contributed by atoms with Gasteiger partial charge in [-0.05, 0) is 26.7 Å². The molecule has 3 rings (SSSR count). The average Bonchev–Trinajstić information content (AvgIpc) is 3.20. The molecule has 0 unspecified atom stereocenters. The van der Waals surface area contributed by atoms with Crippen molar-refractivity contribution in [1.82, 2.24) is 9.55 Å². The number of benzene rings is 1. The number of methoxy groups -OCH3 is 2. The van der Waals surface area contributed by atoms with E-state index in [9.17, 15) is 0 Å². The summed E-state index contributed by atoms with van der Waals surface area (Å²) in [4.78, 5) is 4.81. The maximum atomic E-state index is 6.23. The standard InChI is InChI=1S/C16H23N3O2/c1-16(2,17)9-19-12-8-14(21-4)13(20-3)7-11(12)18-15(19)10-5-6-10/h7-8,10H,5-6,9,17H2,1-4H3. The highest BCUT2D eigenvalue weighted by molar-refractivity contribution is 5.81. The van der Waals surface area contributed by atoms with Crippen molar-refractivity contribution in [3.63, 3.8) is 0 Å². The van der Waals surface area contributed by atoms with Crippen molar-refractivity contribution >= 4 is 11.0 Å². The van der Waals surface area contributed by atoms with E-state index in [2.05, 4.69) is 4.57 Å². The van der Waals surface area contributed by atoms with E-state index < -0.39 is 0 Å². The second-order valence-electron chi connectivity index (χ2n) is 6.51. The highest BCUT2D eigenvalue weighted by Gasteiger charge is 2.31. The first-order chi connectivity index (χ1) is 9.93. The molecule has 2 aromatic rings. The van der Waals surface area contributed by atoms with Crippen LogP contribution in [0.15, 0.2) is 12.1 Å². The molecule has 0 amide bonds. The molecule has 5 heteroatoms. The molecule has 2 N–H and O–H groups in total. The van der Waals surface area contributed by atoms with Crippen LogP contribution in [0.2, 0.25) is 0 Å². The zero-order chi connectivity index (χ0) is 15.2. The molecule has 0 spiro atoms. The lowest BCUT2D eigenvalue weighted by Crippen LogP contribution is -2.37. The first-order valence-electron chi connectivity index (χ1n) is 7.34. The molecule has 21 heavy (non-hydrogen) atoms. The third-order valence-electron chi connectivity index (χ3n) is 3.79. The van der Waals surface area contributed by atoms with Crippen LogP contribution in [0, 0.1) is 0 Å². The van der Waals surface area contributed by atoms with Gasteiger partial charge in [-0.15, -0.1) is 0 Å². The second-order valence-corrected chi connectivity index (χ2v) is 6.51. The average molecular weight is 289 g/mol. The SMILES string of the molecule is COc1cc2nc(C3CC3)n(CC(C)(C)N)c2cc1OC. The van der Waals surface area contributed by atoms with Gasteiger partial charge in [-0.2, -0.15) is 0 Å². The van der Waals surface area contributed by atoms with Crippen LogP contribution < -0.4 is 15.2 Å². The van der Waals surface area contributed by atoms with E-state index in [0.717, 1.165) is 29.2 Å². The number of rotatable bonds is 5. The van der Waals surface area contributed by atoms with Crippen molar-refractivity contribution in [2.45, 2.75) is 44.7 Å². The van der Waals surface area contributed by atoms with Crippen LogP contribution in [0.4, 0.5) is 0 Å². The smallest absolute Gasteiger partial charge is 0.163 e. The van der Waals surface area contributed by atoms with Gasteiger partial charge in [-0.25, -0.2) is 4.98 Å². The van der Waals surface area contributed by atoms with Crippen LogP contribution in [0.5, 0.6) is 11.5 Å². The molecule has 1 aliphatic carbocycles. The largest absolute Gasteiger partial charge is 0.493 e. The maximum Gasteiger partial charge on any atom is 0.163 e. The lowest BCUT2D eigenvalue weighted by molar-refractivity contribution is 0.355. The number of aromatic nitrogens is 2. The van der Waals surface area contributed by atoms with Gasteiger partial charge in [0.15, 0.2) is 11.5 Å². The lowest BCUT2D eigenvalue weighted by atomic mass is 10.1. The molecule has 0 aliphatic heterocycles. The molecular weight excluding hydrogens is 266 g/mol. The van der Waals surface area contributed by atoms with Crippen molar-refractivity contribution in [3.05, 3.63) is 18.0 Å². The lowest BCUT2D eigenvalue weighted by Gasteiger charge is -2.21. The molecular formula is C16H23N3O2. The number of nitrogens with zero attached hydrogens (tertiary/aromatic N) is 2. The molecule has 114 valence electrons. The van der Waals surface area contributed by atoms with E-state index in [4.69, 9.17) is 20.2 Å². The number of ether oxygens (including phenoxy) is 2.